The third kappa shape index (κ3) is 7.78. The summed E-state index contributed by atoms with van der Waals surface area (Å²) in [5.41, 5.74) is 1.57. The van der Waals surface area contributed by atoms with Crippen LogP contribution in [0.15, 0.2) is 91.1 Å². The second kappa shape index (κ2) is 14.0. The maximum atomic E-state index is 13.9. The number of alkyl halides is 3. The molecule has 0 aliphatic rings. The standard InChI is InChI=1S/C27H21F3N2O.2C2H6/c1-18-15-24(26(33)31-14-8-11-19-9-4-2-5-10-19)32-25-22(18)16-21(17-23(25)27(28,29)30)20-12-6-3-7-13-20;2*1-2/h2-10,12-17H,11H2,1H3,(H,31,33);2*1-2H3/b14-8+;;. The second-order valence-electron chi connectivity index (χ2n) is 7.67. The fourth-order valence-corrected chi connectivity index (χ4v) is 3.64. The summed E-state index contributed by atoms with van der Waals surface area (Å²) in [6.07, 6.45) is -0.743. The molecule has 0 bridgehead atoms. The Labute approximate surface area is 217 Å². The normalized spacial score (nSPS) is 10.8. The number of nitrogens with one attached hydrogen (secondary N) is 1. The zero-order chi connectivity index (χ0) is 27.4. The van der Waals surface area contributed by atoms with Gasteiger partial charge in [-0.1, -0.05) is 94.4 Å². The van der Waals surface area contributed by atoms with Crippen molar-refractivity contribution in [3.8, 4) is 11.1 Å². The van der Waals surface area contributed by atoms with E-state index in [1.54, 1.807) is 49.4 Å². The molecule has 0 aliphatic heterocycles. The molecule has 1 N–H and O–H groups in total. The predicted molar refractivity (Wildman–Crippen MR) is 146 cm³/mol. The lowest BCUT2D eigenvalue weighted by atomic mass is 9.96. The number of carbonyl (C=O) groups is 1. The molecular weight excluding hydrogens is 473 g/mol. The third-order valence-corrected chi connectivity index (χ3v) is 5.29. The molecule has 1 heterocycles. The van der Waals surface area contributed by atoms with Gasteiger partial charge in [-0.25, -0.2) is 4.98 Å². The predicted octanol–water partition coefficient (Wildman–Crippen LogP) is 8.77. The van der Waals surface area contributed by atoms with Crippen LogP contribution in [0.3, 0.4) is 0 Å². The van der Waals surface area contributed by atoms with E-state index >= 15 is 0 Å². The number of aryl methyl sites for hydroxylation is 1. The van der Waals surface area contributed by atoms with Crippen LogP contribution in [0, 0.1) is 6.92 Å². The summed E-state index contributed by atoms with van der Waals surface area (Å²) in [7, 11) is 0. The summed E-state index contributed by atoms with van der Waals surface area (Å²) in [5, 5.41) is 2.95. The maximum Gasteiger partial charge on any atom is 0.418 e. The number of allylic oxidation sites excluding steroid dienone is 1. The van der Waals surface area contributed by atoms with E-state index in [1.807, 2.05) is 58.0 Å². The van der Waals surface area contributed by atoms with Crippen molar-refractivity contribution >= 4 is 16.8 Å². The number of carbonyl (C=O) groups excluding carboxylic acids is 1. The van der Waals surface area contributed by atoms with Crippen molar-refractivity contribution < 1.29 is 18.0 Å². The van der Waals surface area contributed by atoms with Crippen molar-refractivity contribution in [2.75, 3.05) is 0 Å². The molecule has 1 aromatic heterocycles. The van der Waals surface area contributed by atoms with Gasteiger partial charge in [-0.15, -0.1) is 0 Å². The Morgan fingerprint density at radius 2 is 1.46 bits per heavy atom. The van der Waals surface area contributed by atoms with E-state index in [9.17, 15) is 18.0 Å². The van der Waals surface area contributed by atoms with Gasteiger partial charge in [0.1, 0.15) is 5.69 Å². The van der Waals surface area contributed by atoms with Crippen LogP contribution in [0.1, 0.15) is 54.9 Å². The van der Waals surface area contributed by atoms with Gasteiger partial charge >= 0.3 is 6.18 Å². The molecule has 6 heteroatoms. The smallest absolute Gasteiger partial charge is 0.328 e. The molecule has 0 atom stereocenters. The highest BCUT2D eigenvalue weighted by Gasteiger charge is 2.34. The highest BCUT2D eigenvalue weighted by molar-refractivity contribution is 5.98. The second-order valence-corrected chi connectivity index (χ2v) is 7.67. The quantitative estimate of drug-likeness (QED) is 0.294. The fraction of sp³-hybridized carbons (Fsp3) is 0.226. The minimum absolute atomic E-state index is 0.0673. The fourth-order valence-electron chi connectivity index (χ4n) is 3.64. The first-order chi connectivity index (χ1) is 17.8. The SMILES string of the molecule is CC.CC.Cc1cc(C(=O)N/C=C/Cc2ccccc2)nc2c(C(F)(F)F)cc(-c3ccccc3)cc12. The summed E-state index contributed by atoms with van der Waals surface area (Å²) in [4.78, 5) is 16.7. The van der Waals surface area contributed by atoms with E-state index in [4.69, 9.17) is 0 Å². The van der Waals surface area contributed by atoms with Crippen molar-refractivity contribution in [3.63, 3.8) is 0 Å². The molecule has 37 heavy (non-hydrogen) atoms. The van der Waals surface area contributed by atoms with Gasteiger partial charge < -0.3 is 5.32 Å². The molecule has 0 spiro atoms. The van der Waals surface area contributed by atoms with E-state index < -0.39 is 17.6 Å². The summed E-state index contributed by atoms with van der Waals surface area (Å²) < 4.78 is 41.8. The summed E-state index contributed by atoms with van der Waals surface area (Å²) in [5.74, 6) is -0.565. The molecule has 0 fully saturated rings. The zero-order valence-electron chi connectivity index (χ0n) is 21.9. The van der Waals surface area contributed by atoms with Crippen LogP contribution in [0.25, 0.3) is 22.0 Å². The lowest BCUT2D eigenvalue weighted by Crippen LogP contribution is -2.19. The molecular formula is C31H33F3N2O. The Morgan fingerprint density at radius 3 is 2.05 bits per heavy atom. The number of fused-ring (bicyclic) bond motifs is 1. The minimum atomic E-state index is -4.62. The number of aromatic nitrogens is 1. The van der Waals surface area contributed by atoms with Gasteiger partial charge in [0.05, 0.1) is 11.1 Å². The molecule has 0 saturated carbocycles. The first-order valence-corrected chi connectivity index (χ1v) is 12.4. The van der Waals surface area contributed by atoms with E-state index in [1.165, 1.54) is 12.3 Å². The van der Waals surface area contributed by atoms with Gasteiger partial charge in [-0.05, 0) is 53.8 Å². The maximum absolute atomic E-state index is 13.9. The van der Waals surface area contributed by atoms with Crippen LogP contribution >= 0.6 is 0 Å². The Balaban J connectivity index is 0.00000115. The number of nitrogens with zero attached hydrogens (tertiary/aromatic N) is 1. The Morgan fingerprint density at radius 1 is 0.865 bits per heavy atom. The van der Waals surface area contributed by atoms with Crippen LogP contribution in [-0.2, 0) is 12.6 Å². The van der Waals surface area contributed by atoms with Gasteiger partial charge in [-0.3, -0.25) is 4.79 Å². The van der Waals surface area contributed by atoms with Gasteiger partial charge in [0, 0.05) is 11.6 Å². The van der Waals surface area contributed by atoms with Gasteiger partial charge in [0.15, 0.2) is 0 Å². The monoisotopic (exact) mass is 506 g/mol. The largest absolute Gasteiger partial charge is 0.418 e. The van der Waals surface area contributed by atoms with Gasteiger partial charge in [-0.2, -0.15) is 13.2 Å². The number of rotatable bonds is 5. The van der Waals surface area contributed by atoms with E-state index in [0.29, 0.717) is 28.5 Å². The van der Waals surface area contributed by atoms with Crippen molar-refractivity contribution in [1.29, 1.82) is 0 Å². The van der Waals surface area contributed by atoms with Crippen LogP contribution in [0.2, 0.25) is 0 Å². The number of hydrogen-bond donors (Lipinski definition) is 1. The van der Waals surface area contributed by atoms with E-state index in [0.717, 1.165) is 11.6 Å². The Kier molecular flexibility index (Phi) is 11.1. The summed E-state index contributed by atoms with van der Waals surface area (Å²) in [6.45, 7) is 9.68. The third-order valence-electron chi connectivity index (χ3n) is 5.29. The molecule has 0 aliphatic carbocycles. The molecule has 0 saturated heterocycles. The number of hydrogen-bond acceptors (Lipinski definition) is 2. The lowest BCUT2D eigenvalue weighted by molar-refractivity contribution is -0.136. The highest BCUT2D eigenvalue weighted by Crippen LogP contribution is 2.38. The number of benzene rings is 3. The van der Waals surface area contributed by atoms with E-state index in [-0.39, 0.29) is 11.2 Å². The summed E-state index contributed by atoms with van der Waals surface area (Å²) in [6, 6.07) is 22.8. The molecule has 1 amide bonds. The van der Waals surface area contributed by atoms with Crippen molar-refractivity contribution in [3.05, 3.63) is 114 Å². The first kappa shape index (κ1) is 29.3. The molecule has 0 radical (unpaired) electrons. The molecule has 0 unspecified atom stereocenters. The van der Waals surface area contributed by atoms with Crippen molar-refractivity contribution in [1.82, 2.24) is 10.3 Å². The highest BCUT2D eigenvalue weighted by atomic mass is 19.4. The average molecular weight is 507 g/mol. The van der Waals surface area contributed by atoms with E-state index in [2.05, 4.69) is 10.3 Å². The number of amides is 1. The van der Waals surface area contributed by atoms with Gasteiger partial charge in [0.25, 0.3) is 5.91 Å². The van der Waals surface area contributed by atoms with Crippen LogP contribution < -0.4 is 5.32 Å². The van der Waals surface area contributed by atoms with Crippen molar-refractivity contribution in [2.24, 2.45) is 0 Å². The van der Waals surface area contributed by atoms with Crippen LogP contribution in [0.4, 0.5) is 13.2 Å². The molecule has 3 aromatic carbocycles. The first-order valence-electron chi connectivity index (χ1n) is 12.4. The topological polar surface area (TPSA) is 42.0 Å². The molecule has 4 aromatic rings. The molecule has 4 rings (SSSR count). The molecule has 3 nitrogen and oxygen atoms in total. The Hall–Kier alpha value is -3.93. The average Bonchev–Trinajstić information content (AvgIpc) is 2.93. The lowest BCUT2D eigenvalue weighted by Gasteiger charge is -2.15. The molecule has 194 valence electrons. The Bertz CT molecular complexity index is 1320. The minimum Gasteiger partial charge on any atom is -0.328 e. The van der Waals surface area contributed by atoms with Crippen LogP contribution in [0.5, 0.6) is 0 Å². The number of halogens is 3. The van der Waals surface area contributed by atoms with Gasteiger partial charge in [0.2, 0.25) is 0 Å². The number of pyridine rings is 1. The van der Waals surface area contributed by atoms with Crippen molar-refractivity contribution in [2.45, 2.75) is 47.2 Å². The summed E-state index contributed by atoms with van der Waals surface area (Å²) >= 11 is 0. The zero-order valence-corrected chi connectivity index (χ0v) is 21.9. The van der Waals surface area contributed by atoms with Crippen LogP contribution in [-0.4, -0.2) is 10.9 Å².